The predicted molar refractivity (Wildman–Crippen MR) is 119 cm³/mol. The molecule has 162 valence electrons. The summed E-state index contributed by atoms with van der Waals surface area (Å²) in [6.07, 6.45) is 2.24. The van der Waals surface area contributed by atoms with Crippen molar-refractivity contribution in [2.45, 2.75) is 37.6 Å². The number of aromatic amines is 1. The second-order valence-corrected chi connectivity index (χ2v) is 9.96. The van der Waals surface area contributed by atoms with Gasteiger partial charge in [-0.2, -0.15) is 0 Å². The Kier molecular flexibility index (Phi) is 4.37. The van der Waals surface area contributed by atoms with Gasteiger partial charge >= 0.3 is 0 Å². The minimum atomic E-state index is -0.122. The van der Waals surface area contributed by atoms with Crippen molar-refractivity contribution in [2.75, 3.05) is 39.3 Å². The molecule has 0 saturated carbocycles. The van der Waals surface area contributed by atoms with Gasteiger partial charge in [-0.1, -0.05) is 30.3 Å². The van der Waals surface area contributed by atoms with Crippen molar-refractivity contribution >= 4 is 11.7 Å². The lowest BCUT2D eigenvalue weighted by molar-refractivity contribution is 0.0180. The number of aryl methyl sites for hydroxylation is 2. The molecule has 4 bridgehead atoms. The van der Waals surface area contributed by atoms with Gasteiger partial charge in [-0.3, -0.25) is 9.59 Å². The maximum Gasteiger partial charge on any atom is 0.254 e. The standard InChI is InChI=1S/C25H30N4O2/c1-16-21(22-19(26-16)8-5-9-20(22)30)24(31)27-23-17-12-28-10-11-29(13-17)15-25(23,14-28)18-6-3-2-4-7-18/h2-4,6-7,17,23,26H,5,8-15H2,1H3,(H,27,31)/t17?,23-,25?/m1/s1. The molecule has 2 unspecified atom stereocenters. The molecule has 5 heterocycles. The molecule has 0 spiro atoms. The first-order chi connectivity index (χ1) is 15.0. The molecule has 4 fully saturated rings. The molecule has 5 aliphatic rings. The van der Waals surface area contributed by atoms with Crippen LogP contribution < -0.4 is 5.32 Å². The number of H-pyrrole nitrogens is 1. The number of nitrogens with one attached hydrogen (secondary N) is 2. The molecule has 1 amide bonds. The minimum absolute atomic E-state index is 0.0663. The smallest absolute Gasteiger partial charge is 0.254 e. The zero-order valence-corrected chi connectivity index (χ0v) is 18.1. The van der Waals surface area contributed by atoms with Crippen molar-refractivity contribution in [2.24, 2.45) is 5.92 Å². The summed E-state index contributed by atoms with van der Waals surface area (Å²) in [5.41, 5.74) is 4.17. The largest absolute Gasteiger partial charge is 0.361 e. The molecule has 1 aromatic carbocycles. The summed E-state index contributed by atoms with van der Waals surface area (Å²) in [5, 5.41) is 3.48. The number of amides is 1. The molecule has 1 aromatic heterocycles. The number of ketones is 1. The van der Waals surface area contributed by atoms with E-state index in [1.165, 1.54) is 5.56 Å². The Morgan fingerprint density at radius 3 is 2.52 bits per heavy atom. The number of hydrogen-bond acceptors (Lipinski definition) is 4. The highest BCUT2D eigenvalue weighted by atomic mass is 16.2. The fourth-order valence-corrected chi connectivity index (χ4v) is 6.80. The van der Waals surface area contributed by atoms with Gasteiger partial charge in [-0.25, -0.2) is 0 Å². The van der Waals surface area contributed by atoms with E-state index in [2.05, 4.69) is 50.4 Å². The molecule has 1 aliphatic carbocycles. The van der Waals surface area contributed by atoms with Crippen LogP contribution in [0.5, 0.6) is 0 Å². The molecule has 31 heavy (non-hydrogen) atoms. The van der Waals surface area contributed by atoms with E-state index in [0.717, 1.165) is 63.5 Å². The van der Waals surface area contributed by atoms with Gasteiger partial charge in [-0.15, -0.1) is 0 Å². The van der Waals surface area contributed by atoms with Crippen LogP contribution in [0.4, 0.5) is 0 Å². The summed E-state index contributed by atoms with van der Waals surface area (Å²) in [7, 11) is 0. The van der Waals surface area contributed by atoms with Gasteiger partial charge in [0.2, 0.25) is 0 Å². The van der Waals surface area contributed by atoms with Crippen LogP contribution in [0.15, 0.2) is 30.3 Å². The monoisotopic (exact) mass is 418 g/mol. The van der Waals surface area contributed by atoms with Crippen molar-refractivity contribution in [1.29, 1.82) is 0 Å². The van der Waals surface area contributed by atoms with Crippen LogP contribution in [0, 0.1) is 12.8 Å². The number of carbonyl (C=O) groups is 2. The third-order valence-corrected chi connectivity index (χ3v) is 8.03. The summed E-state index contributed by atoms with van der Waals surface area (Å²) in [5.74, 6) is 0.411. The lowest BCUT2D eigenvalue weighted by atomic mass is 9.64. The van der Waals surface area contributed by atoms with Crippen LogP contribution in [0.2, 0.25) is 0 Å². The highest BCUT2D eigenvalue weighted by Gasteiger charge is 2.55. The number of nitrogens with zero attached hydrogens (tertiary/aromatic N) is 2. The fourth-order valence-electron chi connectivity index (χ4n) is 6.80. The van der Waals surface area contributed by atoms with Crippen LogP contribution in [-0.2, 0) is 11.8 Å². The number of hydrogen-bond donors (Lipinski definition) is 2. The lowest BCUT2D eigenvalue weighted by Gasteiger charge is -2.55. The number of benzene rings is 1. The molecule has 6 heteroatoms. The first kappa shape index (κ1) is 19.3. The molecule has 0 radical (unpaired) electrons. The quantitative estimate of drug-likeness (QED) is 0.802. The Morgan fingerprint density at radius 2 is 1.81 bits per heavy atom. The molecule has 6 nitrogen and oxygen atoms in total. The summed E-state index contributed by atoms with van der Waals surface area (Å²) >= 11 is 0. The first-order valence-electron chi connectivity index (χ1n) is 11.6. The molecular weight excluding hydrogens is 388 g/mol. The van der Waals surface area contributed by atoms with E-state index < -0.39 is 0 Å². The number of carbonyl (C=O) groups excluding carboxylic acids is 2. The van der Waals surface area contributed by atoms with Gasteiger partial charge in [0.05, 0.1) is 11.1 Å². The number of rotatable bonds is 3. The van der Waals surface area contributed by atoms with Crippen molar-refractivity contribution in [3.8, 4) is 0 Å². The number of Topliss-reactive ketones (excluding diaryl/α,β-unsaturated/α-hetero) is 1. The Hall–Kier alpha value is -2.44. The summed E-state index contributed by atoms with van der Waals surface area (Å²) in [6.45, 7) is 8.12. The van der Waals surface area contributed by atoms with Gasteiger partial charge in [0.15, 0.2) is 5.78 Å². The molecule has 4 aliphatic heterocycles. The van der Waals surface area contributed by atoms with Crippen LogP contribution in [0.25, 0.3) is 0 Å². The third kappa shape index (κ3) is 2.92. The second-order valence-electron chi connectivity index (χ2n) is 9.96. The zero-order valence-electron chi connectivity index (χ0n) is 18.1. The van der Waals surface area contributed by atoms with E-state index >= 15 is 0 Å². The summed E-state index contributed by atoms with van der Waals surface area (Å²) in [6, 6.07) is 10.8. The molecule has 2 N–H and O–H groups in total. The Labute approximate surface area is 183 Å². The van der Waals surface area contributed by atoms with E-state index in [1.807, 2.05) is 6.92 Å². The van der Waals surface area contributed by atoms with Gasteiger partial charge in [0, 0.05) is 74.5 Å². The van der Waals surface area contributed by atoms with Crippen molar-refractivity contribution < 1.29 is 9.59 Å². The molecule has 3 atom stereocenters. The number of fused-ring (bicyclic) bond motifs is 2. The van der Waals surface area contributed by atoms with E-state index in [-0.39, 0.29) is 23.1 Å². The Bertz CT molecular complexity index is 1030. The van der Waals surface area contributed by atoms with Crippen molar-refractivity contribution in [3.63, 3.8) is 0 Å². The number of aromatic nitrogens is 1. The van der Waals surface area contributed by atoms with E-state index in [4.69, 9.17) is 0 Å². The summed E-state index contributed by atoms with van der Waals surface area (Å²) in [4.78, 5) is 34.9. The average Bonchev–Trinajstić information content (AvgIpc) is 2.91. The van der Waals surface area contributed by atoms with Gasteiger partial charge < -0.3 is 20.1 Å². The second kappa shape index (κ2) is 7.04. The van der Waals surface area contributed by atoms with E-state index in [1.54, 1.807) is 0 Å². The van der Waals surface area contributed by atoms with Gasteiger partial charge in [0.1, 0.15) is 0 Å². The van der Waals surface area contributed by atoms with E-state index in [9.17, 15) is 9.59 Å². The van der Waals surface area contributed by atoms with Crippen molar-refractivity contribution in [3.05, 3.63) is 58.4 Å². The molecule has 7 rings (SSSR count). The normalized spacial score (nSPS) is 33.8. The first-order valence-corrected chi connectivity index (χ1v) is 11.6. The third-order valence-electron chi connectivity index (χ3n) is 8.03. The van der Waals surface area contributed by atoms with Gasteiger partial charge in [-0.05, 0) is 25.3 Å². The minimum Gasteiger partial charge on any atom is -0.361 e. The number of piperidine rings is 2. The lowest BCUT2D eigenvalue weighted by Crippen LogP contribution is -2.70. The summed E-state index contributed by atoms with van der Waals surface area (Å²) < 4.78 is 0. The van der Waals surface area contributed by atoms with Gasteiger partial charge in [0.25, 0.3) is 5.91 Å². The Balaban J connectivity index is 1.40. The van der Waals surface area contributed by atoms with E-state index in [0.29, 0.717) is 23.5 Å². The zero-order chi connectivity index (χ0) is 21.2. The van der Waals surface area contributed by atoms with Crippen LogP contribution >= 0.6 is 0 Å². The highest BCUT2D eigenvalue weighted by Crippen LogP contribution is 2.43. The SMILES string of the molecule is Cc1[nH]c2c(c1C(=O)N[C@@H]1C3CN4CCN(C3)CC1(c1ccccc1)C4)C(=O)CCC2. The molecule has 2 aromatic rings. The Morgan fingerprint density at radius 1 is 1.10 bits per heavy atom. The molecular formula is C25H30N4O2. The average molecular weight is 419 g/mol. The van der Waals surface area contributed by atoms with Crippen molar-refractivity contribution in [1.82, 2.24) is 20.1 Å². The maximum atomic E-state index is 13.7. The predicted octanol–water partition coefficient (Wildman–Crippen LogP) is 2.14. The molecule has 4 saturated heterocycles. The van der Waals surface area contributed by atoms with Crippen LogP contribution in [0.1, 0.15) is 50.5 Å². The van der Waals surface area contributed by atoms with Crippen LogP contribution in [-0.4, -0.2) is 71.8 Å². The fraction of sp³-hybridized carbons (Fsp3) is 0.520. The van der Waals surface area contributed by atoms with Crippen LogP contribution in [0.3, 0.4) is 0 Å². The highest BCUT2D eigenvalue weighted by molar-refractivity contribution is 6.10. The maximum absolute atomic E-state index is 13.7. The topological polar surface area (TPSA) is 68.4 Å².